The van der Waals surface area contributed by atoms with Gasteiger partial charge in [-0.3, -0.25) is 14.5 Å². The van der Waals surface area contributed by atoms with Crippen molar-refractivity contribution in [3.8, 4) is 0 Å². The van der Waals surface area contributed by atoms with Crippen LogP contribution in [0, 0.1) is 0 Å². The minimum Gasteiger partial charge on any atom is -0.481 e. The molecule has 2 aliphatic rings. The van der Waals surface area contributed by atoms with E-state index >= 15 is 0 Å². The number of piperazine rings is 1. The molecule has 1 N–H and O–H groups in total. The van der Waals surface area contributed by atoms with Crippen molar-refractivity contribution in [2.75, 3.05) is 39.8 Å². The largest absolute Gasteiger partial charge is 0.481 e. The van der Waals surface area contributed by atoms with E-state index in [0.29, 0.717) is 10.9 Å². The summed E-state index contributed by atoms with van der Waals surface area (Å²) in [6, 6.07) is 0. The van der Waals surface area contributed by atoms with E-state index in [1.165, 1.54) is 18.2 Å². The summed E-state index contributed by atoms with van der Waals surface area (Å²) in [5, 5.41) is 8.60. The number of thioether (sulfide) groups is 1. The molecule has 2 heterocycles. The molecule has 2 aliphatic heterocycles. The van der Waals surface area contributed by atoms with Crippen molar-refractivity contribution in [2.45, 2.75) is 57.8 Å². The van der Waals surface area contributed by atoms with E-state index in [9.17, 15) is 9.59 Å². The highest BCUT2D eigenvalue weighted by Gasteiger charge is 2.32. The van der Waals surface area contributed by atoms with E-state index in [-0.39, 0.29) is 12.3 Å². The summed E-state index contributed by atoms with van der Waals surface area (Å²) in [6.45, 7) is 4.67. The summed E-state index contributed by atoms with van der Waals surface area (Å²) in [5.41, 5.74) is 0. The van der Waals surface area contributed by atoms with Crippen molar-refractivity contribution in [1.29, 1.82) is 0 Å². The molecular weight excluding hydrogens is 394 g/mol. The molecule has 0 bridgehead atoms. The number of hydrogen-bond donors (Lipinski definition) is 1. The fourth-order valence-electron chi connectivity index (χ4n) is 3.41. The molecular formula is C20H33N3O3S2. The highest BCUT2D eigenvalue weighted by Crippen LogP contribution is 2.31. The number of nitrogens with zero attached hydrogens (tertiary/aromatic N) is 3. The molecule has 0 saturated carbocycles. The second-order valence-corrected chi connectivity index (χ2v) is 9.31. The molecule has 2 saturated heterocycles. The highest BCUT2D eigenvalue weighted by molar-refractivity contribution is 8.26. The third-order valence-electron chi connectivity index (χ3n) is 5.23. The van der Waals surface area contributed by atoms with Gasteiger partial charge in [0.25, 0.3) is 5.91 Å². The minimum atomic E-state index is -0.700. The van der Waals surface area contributed by atoms with Gasteiger partial charge in [-0.2, -0.15) is 0 Å². The first-order valence-electron chi connectivity index (χ1n) is 10.4. The Bertz CT molecular complexity index is 575. The summed E-state index contributed by atoms with van der Waals surface area (Å²) in [4.78, 5) is 30.1. The van der Waals surface area contributed by atoms with Gasteiger partial charge < -0.3 is 14.9 Å². The van der Waals surface area contributed by atoms with Crippen LogP contribution in [0.1, 0.15) is 57.8 Å². The fourth-order valence-corrected chi connectivity index (χ4v) is 4.72. The van der Waals surface area contributed by atoms with E-state index in [1.807, 2.05) is 6.20 Å². The summed E-state index contributed by atoms with van der Waals surface area (Å²) in [6.07, 6.45) is 10.8. The molecule has 158 valence electrons. The van der Waals surface area contributed by atoms with Crippen molar-refractivity contribution in [3.63, 3.8) is 0 Å². The molecule has 0 atom stereocenters. The maximum atomic E-state index is 12.6. The molecule has 0 aromatic heterocycles. The molecule has 2 rings (SSSR count). The van der Waals surface area contributed by atoms with Crippen molar-refractivity contribution in [2.24, 2.45) is 0 Å². The van der Waals surface area contributed by atoms with E-state index in [0.717, 1.165) is 76.0 Å². The number of likely N-dealkylation sites (N-methyl/N-ethyl adjacent to an activating group) is 1. The lowest BCUT2D eigenvalue weighted by Gasteiger charge is -2.31. The second kappa shape index (κ2) is 12.4. The number of aliphatic carboxylic acids is 1. The second-order valence-electron chi connectivity index (χ2n) is 7.63. The summed E-state index contributed by atoms with van der Waals surface area (Å²) in [7, 11) is 2.12. The lowest BCUT2D eigenvalue weighted by atomic mass is 10.1. The van der Waals surface area contributed by atoms with Gasteiger partial charge in [0.05, 0.1) is 4.91 Å². The van der Waals surface area contributed by atoms with Crippen molar-refractivity contribution >= 4 is 40.2 Å². The predicted molar refractivity (Wildman–Crippen MR) is 118 cm³/mol. The summed E-state index contributed by atoms with van der Waals surface area (Å²) < 4.78 is 0.684. The van der Waals surface area contributed by atoms with Gasteiger partial charge in [-0.25, -0.2) is 0 Å². The van der Waals surface area contributed by atoms with Crippen LogP contribution in [0.5, 0.6) is 0 Å². The summed E-state index contributed by atoms with van der Waals surface area (Å²) in [5.74, 6) is -0.638. The quantitative estimate of drug-likeness (QED) is 0.290. The van der Waals surface area contributed by atoms with Gasteiger partial charge in [-0.15, -0.1) is 0 Å². The Kier molecular flexibility index (Phi) is 10.3. The van der Waals surface area contributed by atoms with Crippen LogP contribution < -0.4 is 0 Å². The molecule has 0 unspecified atom stereocenters. The predicted octanol–water partition coefficient (Wildman–Crippen LogP) is 3.53. The lowest BCUT2D eigenvalue weighted by molar-refractivity contribution is -0.137. The third-order valence-corrected chi connectivity index (χ3v) is 6.60. The molecule has 0 aromatic carbocycles. The van der Waals surface area contributed by atoms with Crippen LogP contribution in [-0.2, 0) is 9.59 Å². The monoisotopic (exact) mass is 427 g/mol. The zero-order valence-electron chi connectivity index (χ0n) is 16.9. The minimum absolute atomic E-state index is 0.0624. The molecule has 8 heteroatoms. The van der Waals surface area contributed by atoms with Gasteiger partial charge in [-0.05, 0) is 19.9 Å². The Hall–Kier alpha value is -1.12. The molecule has 6 nitrogen and oxygen atoms in total. The number of rotatable bonds is 12. The topological polar surface area (TPSA) is 64.1 Å². The first-order chi connectivity index (χ1) is 13.5. The van der Waals surface area contributed by atoms with Crippen molar-refractivity contribution in [3.05, 3.63) is 11.1 Å². The van der Waals surface area contributed by atoms with Crippen LogP contribution in [0.25, 0.3) is 0 Å². The lowest BCUT2D eigenvalue weighted by Crippen LogP contribution is -2.42. The normalized spacial score (nSPS) is 19.8. The van der Waals surface area contributed by atoms with Gasteiger partial charge in [0.2, 0.25) is 0 Å². The number of carboxylic acids is 1. The molecule has 2 fully saturated rings. The zero-order valence-corrected chi connectivity index (χ0v) is 18.5. The maximum Gasteiger partial charge on any atom is 0.303 e. The first kappa shape index (κ1) is 23.2. The Morgan fingerprint density at radius 1 is 1.04 bits per heavy atom. The number of hydrogen-bond acceptors (Lipinski definition) is 6. The van der Waals surface area contributed by atoms with E-state index < -0.39 is 5.97 Å². The van der Waals surface area contributed by atoms with E-state index in [1.54, 1.807) is 4.90 Å². The van der Waals surface area contributed by atoms with Crippen LogP contribution in [0.3, 0.4) is 0 Å². The molecule has 0 aliphatic carbocycles. The maximum absolute atomic E-state index is 12.6. The first-order valence-corrected chi connectivity index (χ1v) is 11.6. The van der Waals surface area contributed by atoms with Gasteiger partial charge in [-0.1, -0.05) is 62.5 Å². The van der Waals surface area contributed by atoms with Crippen LogP contribution in [0.15, 0.2) is 11.1 Å². The number of amides is 1. The van der Waals surface area contributed by atoms with Crippen LogP contribution in [0.2, 0.25) is 0 Å². The zero-order chi connectivity index (χ0) is 20.4. The Morgan fingerprint density at radius 2 is 1.61 bits per heavy atom. The third kappa shape index (κ3) is 8.09. The van der Waals surface area contributed by atoms with E-state index in [4.69, 9.17) is 17.3 Å². The van der Waals surface area contributed by atoms with Crippen LogP contribution in [0.4, 0.5) is 0 Å². The van der Waals surface area contributed by atoms with Gasteiger partial charge in [0.15, 0.2) is 0 Å². The number of carbonyl (C=O) groups is 2. The molecule has 28 heavy (non-hydrogen) atoms. The average Bonchev–Trinajstić information content (AvgIpc) is 2.92. The van der Waals surface area contributed by atoms with Crippen molar-refractivity contribution < 1.29 is 14.7 Å². The number of unbranched alkanes of at least 4 members (excludes halogenated alkanes) is 7. The van der Waals surface area contributed by atoms with Gasteiger partial charge in [0.1, 0.15) is 4.32 Å². The smallest absolute Gasteiger partial charge is 0.303 e. The Balaban J connectivity index is 1.58. The molecule has 0 spiro atoms. The number of carboxylic acid groups (broad SMARTS) is 1. The SMILES string of the molecule is CN1CCN(/C=C2\SC(=S)N(CCCCCCCCCCC(=O)O)C2=O)CC1. The summed E-state index contributed by atoms with van der Waals surface area (Å²) >= 11 is 6.85. The highest BCUT2D eigenvalue weighted by atomic mass is 32.2. The standard InChI is InChI=1S/C20H33N3O3S2/c1-21-12-14-22(15-13-21)16-17-19(26)23(20(27)28-17)11-9-7-5-3-2-4-6-8-10-18(24)25/h16H,2-15H2,1H3,(H,24,25)/b17-16-. The molecule has 1 amide bonds. The van der Waals surface area contributed by atoms with E-state index in [2.05, 4.69) is 16.8 Å². The number of carbonyl (C=O) groups excluding carboxylic acids is 1. The van der Waals surface area contributed by atoms with Gasteiger partial charge >= 0.3 is 5.97 Å². The van der Waals surface area contributed by atoms with Crippen LogP contribution in [-0.4, -0.2) is 75.8 Å². The van der Waals surface area contributed by atoms with Crippen molar-refractivity contribution in [1.82, 2.24) is 14.7 Å². The molecule has 0 aromatic rings. The Morgan fingerprint density at radius 3 is 2.21 bits per heavy atom. The average molecular weight is 428 g/mol. The van der Waals surface area contributed by atoms with Crippen LogP contribution >= 0.6 is 24.0 Å². The fraction of sp³-hybridized carbons (Fsp3) is 0.750. The molecule has 0 radical (unpaired) electrons. The van der Waals surface area contributed by atoms with Gasteiger partial charge in [0, 0.05) is 45.3 Å². The number of thiocarbonyl (C=S) groups is 1. The Labute approximate surface area is 178 Å².